The fraction of sp³-hybridized carbons (Fsp3) is 0.417. The molecule has 2 saturated heterocycles. The molecule has 2 aromatic rings. The Morgan fingerprint density at radius 1 is 1.03 bits per heavy atom. The number of nitrogens with zero attached hydrogens (tertiary/aromatic N) is 2. The van der Waals surface area contributed by atoms with Crippen LogP contribution in [0.25, 0.3) is 0 Å². The highest BCUT2D eigenvalue weighted by Crippen LogP contribution is 2.41. The van der Waals surface area contributed by atoms with E-state index in [4.69, 9.17) is 25.8 Å². The van der Waals surface area contributed by atoms with Gasteiger partial charge in [-0.15, -0.1) is 0 Å². The first-order valence-electron chi connectivity index (χ1n) is 10.6. The summed E-state index contributed by atoms with van der Waals surface area (Å²) >= 11 is 6.29. The first-order chi connectivity index (χ1) is 15.5. The van der Waals surface area contributed by atoms with Gasteiger partial charge in [-0.1, -0.05) is 23.7 Å². The van der Waals surface area contributed by atoms with Gasteiger partial charge in [0, 0.05) is 25.6 Å². The van der Waals surface area contributed by atoms with Crippen molar-refractivity contribution in [3.05, 3.63) is 47.0 Å². The summed E-state index contributed by atoms with van der Waals surface area (Å²) in [5.41, 5.74) is 1.63. The number of hydrogen-bond acceptors (Lipinski definition) is 5. The molecule has 2 amide bonds. The average Bonchev–Trinajstić information content (AvgIpc) is 3.45. The molecule has 2 aliphatic rings. The van der Waals surface area contributed by atoms with Crippen LogP contribution in [-0.2, 0) is 9.59 Å². The standard InChI is InChI=1S/C24H27ClN2O5/c1-30-17-8-6-15(7-9-17)19-5-4-10-26(19)24(29)16-11-23(28)27(14-16)20-12-18(25)21(31-2)13-22(20)32-3/h6-9,12-13,16,19H,4-5,10-11,14H2,1-3H3. The van der Waals surface area contributed by atoms with E-state index in [1.54, 1.807) is 24.1 Å². The van der Waals surface area contributed by atoms with Gasteiger partial charge < -0.3 is 24.0 Å². The monoisotopic (exact) mass is 458 g/mol. The Morgan fingerprint density at radius 2 is 1.75 bits per heavy atom. The molecule has 8 heteroatoms. The molecule has 2 atom stereocenters. The van der Waals surface area contributed by atoms with Crippen LogP contribution in [0.4, 0.5) is 5.69 Å². The highest BCUT2D eigenvalue weighted by molar-refractivity contribution is 6.32. The number of benzene rings is 2. The SMILES string of the molecule is COc1ccc(C2CCCN2C(=O)C2CC(=O)N(c3cc(Cl)c(OC)cc3OC)C2)cc1. The van der Waals surface area contributed by atoms with Crippen molar-refractivity contribution < 1.29 is 23.8 Å². The Balaban J connectivity index is 1.53. The van der Waals surface area contributed by atoms with Gasteiger partial charge in [-0.2, -0.15) is 0 Å². The summed E-state index contributed by atoms with van der Waals surface area (Å²) in [6.07, 6.45) is 2.01. The zero-order chi connectivity index (χ0) is 22.8. The molecular weight excluding hydrogens is 432 g/mol. The van der Waals surface area contributed by atoms with Crippen LogP contribution in [-0.4, -0.2) is 51.1 Å². The number of likely N-dealkylation sites (tertiary alicyclic amines) is 1. The Hall–Kier alpha value is -2.93. The predicted molar refractivity (Wildman–Crippen MR) is 122 cm³/mol. The third-order valence-corrected chi connectivity index (χ3v) is 6.55. The lowest BCUT2D eigenvalue weighted by Gasteiger charge is -2.28. The fourth-order valence-corrected chi connectivity index (χ4v) is 4.83. The van der Waals surface area contributed by atoms with Crippen LogP contribution in [0.5, 0.6) is 17.2 Å². The minimum absolute atomic E-state index is 0.0118. The first kappa shape index (κ1) is 22.3. The van der Waals surface area contributed by atoms with Gasteiger partial charge in [0.25, 0.3) is 0 Å². The molecule has 7 nitrogen and oxygen atoms in total. The quantitative estimate of drug-likeness (QED) is 0.652. The Morgan fingerprint density at radius 3 is 2.41 bits per heavy atom. The lowest BCUT2D eigenvalue weighted by atomic mass is 10.0. The molecule has 2 fully saturated rings. The number of halogens is 1. The summed E-state index contributed by atoms with van der Waals surface area (Å²) in [6.45, 7) is 0.987. The summed E-state index contributed by atoms with van der Waals surface area (Å²) in [4.78, 5) is 29.8. The van der Waals surface area contributed by atoms with Crippen molar-refractivity contribution in [2.24, 2.45) is 5.92 Å². The van der Waals surface area contributed by atoms with Crippen molar-refractivity contribution in [1.82, 2.24) is 4.90 Å². The van der Waals surface area contributed by atoms with Crippen molar-refractivity contribution in [3.63, 3.8) is 0 Å². The van der Waals surface area contributed by atoms with Crippen LogP contribution in [0, 0.1) is 5.92 Å². The molecule has 0 aliphatic carbocycles. The van der Waals surface area contributed by atoms with Gasteiger partial charge in [-0.05, 0) is 36.6 Å². The topological polar surface area (TPSA) is 68.3 Å². The summed E-state index contributed by atoms with van der Waals surface area (Å²) < 4.78 is 15.9. The van der Waals surface area contributed by atoms with Gasteiger partial charge in [-0.25, -0.2) is 0 Å². The molecule has 0 N–H and O–H groups in total. The minimum atomic E-state index is -0.410. The molecule has 32 heavy (non-hydrogen) atoms. The van der Waals surface area contributed by atoms with Gasteiger partial charge in [-0.3, -0.25) is 9.59 Å². The summed E-state index contributed by atoms with van der Waals surface area (Å²) in [5, 5.41) is 0.380. The van der Waals surface area contributed by atoms with Crippen LogP contribution in [0.2, 0.25) is 5.02 Å². The van der Waals surface area contributed by atoms with Gasteiger partial charge in [0.15, 0.2) is 0 Å². The third-order valence-electron chi connectivity index (χ3n) is 6.25. The van der Waals surface area contributed by atoms with Gasteiger partial charge >= 0.3 is 0 Å². The first-order valence-corrected chi connectivity index (χ1v) is 11.0. The van der Waals surface area contributed by atoms with Crippen LogP contribution >= 0.6 is 11.6 Å². The van der Waals surface area contributed by atoms with Gasteiger partial charge in [0.2, 0.25) is 11.8 Å². The average molecular weight is 459 g/mol. The maximum Gasteiger partial charge on any atom is 0.228 e. The van der Waals surface area contributed by atoms with E-state index in [9.17, 15) is 9.59 Å². The number of amides is 2. The largest absolute Gasteiger partial charge is 0.497 e. The molecule has 2 aliphatic heterocycles. The van der Waals surface area contributed by atoms with E-state index in [2.05, 4.69) is 0 Å². The Bertz CT molecular complexity index is 1010. The normalized spacial score (nSPS) is 20.6. The maximum absolute atomic E-state index is 13.4. The number of carbonyl (C=O) groups is 2. The van der Waals surface area contributed by atoms with E-state index in [1.165, 1.54) is 14.2 Å². The molecule has 170 valence electrons. The second-order valence-corrected chi connectivity index (χ2v) is 8.43. The molecule has 0 saturated carbocycles. The fourth-order valence-electron chi connectivity index (χ4n) is 4.60. The minimum Gasteiger partial charge on any atom is -0.497 e. The molecule has 0 bridgehead atoms. The number of rotatable bonds is 6. The molecular formula is C24H27ClN2O5. The zero-order valence-corrected chi connectivity index (χ0v) is 19.2. The zero-order valence-electron chi connectivity index (χ0n) is 18.5. The highest BCUT2D eigenvalue weighted by atomic mass is 35.5. The summed E-state index contributed by atoms with van der Waals surface area (Å²) in [6, 6.07) is 11.2. The second-order valence-electron chi connectivity index (χ2n) is 8.03. The summed E-state index contributed by atoms with van der Waals surface area (Å²) in [7, 11) is 4.68. The van der Waals surface area contributed by atoms with Gasteiger partial charge in [0.1, 0.15) is 17.2 Å². The van der Waals surface area contributed by atoms with E-state index in [0.717, 1.165) is 24.2 Å². The molecule has 2 unspecified atom stereocenters. The van der Waals surface area contributed by atoms with Crippen molar-refractivity contribution in [2.45, 2.75) is 25.3 Å². The molecule has 0 aromatic heterocycles. The smallest absolute Gasteiger partial charge is 0.228 e. The number of methoxy groups -OCH3 is 3. The van der Waals surface area contributed by atoms with Crippen molar-refractivity contribution in [3.8, 4) is 17.2 Å². The highest BCUT2D eigenvalue weighted by Gasteiger charge is 2.41. The van der Waals surface area contributed by atoms with Crippen molar-refractivity contribution >= 4 is 29.1 Å². The molecule has 0 radical (unpaired) electrons. The van der Waals surface area contributed by atoms with Crippen LogP contribution in [0.1, 0.15) is 30.9 Å². The van der Waals surface area contributed by atoms with E-state index in [1.807, 2.05) is 29.2 Å². The van der Waals surface area contributed by atoms with E-state index in [0.29, 0.717) is 35.3 Å². The molecule has 0 spiro atoms. The molecule has 2 heterocycles. The summed E-state index contributed by atoms with van der Waals surface area (Å²) in [5.74, 6) is 1.21. The van der Waals surface area contributed by atoms with Crippen LogP contribution in [0.3, 0.4) is 0 Å². The second kappa shape index (κ2) is 9.28. The van der Waals surface area contributed by atoms with Gasteiger partial charge in [0.05, 0.1) is 44.0 Å². The lowest BCUT2D eigenvalue weighted by Crippen LogP contribution is -2.37. The van der Waals surface area contributed by atoms with E-state index >= 15 is 0 Å². The molecule has 4 rings (SSSR count). The lowest BCUT2D eigenvalue weighted by molar-refractivity contribution is -0.136. The van der Waals surface area contributed by atoms with E-state index < -0.39 is 5.92 Å². The maximum atomic E-state index is 13.4. The van der Waals surface area contributed by atoms with Crippen molar-refractivity contribution in [2.75, 3.05) is 39.3 Å². The third kappa shape index (κ3) is 4.09. The number of ether oxygens (including phenoxy) is 3. The molecule has 2 aromatic carbocycles. The number of anilines is 1. The Kier molecular flexibility index (Phi) is 6.46. The predicted octanol–water partition coefficient (Wildman–Crippen LogP) is 4.08. The number of hydrogen-bond donors (Lipinski definition) is 0. The van der Waals surface area contributed by atoms with Crippen molar-refractivity contribution in [1.29, 1.82) is 0 Å². The number of carbonyl (C=O) groups excluding carboxylic acids is 2. The van der Waals surface area contributed by atoms with Crippen LogP contribution < -0.4 is 19.1 Å². The Labute approximate surface area is 192 Å². The van der Waals surface area contributed by atoms with Crippen LogP contribution in [0.15, 0.2) is 36.4 Å². The van der Waals surface area contributed by atoms with E-state index in [-0.39, 0.29) is 24.3 Å².